The van der Waals surface area contributed by atoms with E-state index in [4.69, 9.17) is 4.74 Å². The van der Waals surface area contributed by atoms with E-state index in [1.165, 1.54) is 22.6 Å². The van der Waals surface area contributed by atoms with Crippen LogP contribution in [-0.4, -0.2) is 23.9 Å². The third kappa shape index (κ3) is 4.51. The maximum atomic E-state index is 13.0. The van der Waals surface area contributed by atoms with Gasteiger partial charge < -0.3 is 15.0 Å². The van der Waals surface area contributed by atoms with Crippen molar-refractivity contribution >= 4 is 22.9 Å². The van der Waals surface area contributed by atoms with E-state index >= 15 is 0 Å². The Bertz CT molecular complexity index is 955. The molecule has 0 bridgehead atoms. The predicted molar refractivity (Wildman–Crippen MR) is 109 cm³/mol. The van der Waals surface area contributed by atoms with Gasteiger partial charge in [0.15, 0.2) is 0 Å². The summed E-state index contributed by atoms with van der Waals surface area (Å²) in [6.07, 6.45) is 0.936. The Morgan fingerprint density at radius 1 is 1.18 bits per heavy atom. The van der Waals surface area contributed by atoms with Gasteiger partial charge in [-0.1, -0.05) is 18.2 Å². The second-order valence-electron chi connectivity index (χ2n) is 6.73. The Morgan fingerprint density at radius 2 is 2.04 bits per heavy atom. The maximum Gasteiger partial charge on any atom is 0.242 e. The van der Waals surface area contributed by atoms with Gasteiger partial charge >= 0.3 is 0 Å². The smallest absolute Gasteiger partial charge is 0.242 e. The molecule has 6 heteroatoms. The largest absolute Gasteiger partial charge is 0.489 e. The number of halogens is 1. The Kier molecular flexibility index (Phi) is 5.58. The first-order chi connectivity index (χ1) is 13.7. The van der Waals surface area contributed by atoms with Crippen LogP contribution in [0.5, 0.6) is 5.75 Å². The van der Waals surface area contributed by atoms with Crippen LogP contribution in [0.3, 0.4) is 0 Å². The fourth-order valence-electron chi connectivity index (χ4n) is 3.19. The molecule has 0 fully saturated rings. The minimum atomic E-state index is -0.261. The highest BCUT2D eigenvalue weighted by molar-refractivity contribution is 7.10. The third-order valence-corrected chi connectivity index (χ3v) is 5.78. The van der Waals surface area contributed by atoms with Gasteiger partial charge in [0.05, 0.1) is 6.54 Å². The number of thiophene rings is 1. The molecule has 28 heavy (non-hydrogen) atoms. The molecular formula is C22H21FN2O2S. The minimum absolute atomic E-state index is 0.0921. The highest BCUT2D eigenvalue weighted by atomic mass is 32.1. The molecule has 1 N–H and O–H groups in total. The van der Waals surface area contributed by atoms with Crippen LogP contribution in [0.1, 0.15) is 16.0 Å². The van der Waals surface area contributed by atoms with E-state index in [1.807, 2.05) is 29.2 Å². The summed E-state index contributed by atoms with van der Waals surface area (Å²) in [7, 11) is 0. The maximum absolute atomic E-state index is 13.0. The lowest BCUT2D eigenvalue weighted by Gasteiger charge is -2.27. The number of anilines is 1. The van der Waals surface area contributed by atoms with E-state index in [0.717, 1.165) is 24.2 Å². The van der Waals surface area contributed by atoms with Crippen molar-refractivity contribution in [2.75, 3.05) is 18.4 Å². The van der Waals surface area contributed by atoms with Crippen LogP contribution < -0.4 is 10.1 Å². The highest BCUT2D eigenvalue weighted by Gasteiger charge is 2.21. The molecular weight excluding hydrogens is 375 g/mol. The number of nitrogens with one attached hydrogen (secondary N) is 1. The Morgan fingerprint density at radius 3 is 2.89 bits per heavy atom. The van der Waals surface area contributed by atoms with Crippen molar-refractivity contribution in [1.29, 1.82) is 0 Å². The van der Waals surface area contributed by atoms with Crippen LogP contribution in [0.4, 0.5) is 10.1 Å². The van der Waals surface area contributed by atoms with Crippen molar-refractivity contribution in [3.63, 3.8) is 0 Å². The minimum Gasteiger partial charge on any atom is -0.489 e. The van der Waals surface area contributed by atoms with Crippen LogP contribution in [-0.2, 0) is 24.4 Å². The quantitative estimate of drug-likeness (QED) is 0.669. The van der Waals surface area contributed by atoms with Crippen molar-refractivity contribution in [2.24, 2.45) is 0 Å². The van der Waals surface area contributed by atoms with Crippen LogP contribution in [0.2, 0.25) is 0 Å². The number of benzene rings is 2. The number of fused-ring (bicyclic) bond motifs is 1. The molecule has 1 aliphatic rings. The molecule has 0 spiro atoms. The standard InChI is InChI=1S/C22H21FN2O2S/c23-18-6-4-16(5-7-18)15-27-20-3-1-2-19(12-20)24-13-22(26)25-10-8-21-17(14-25)9-11-28-21/h1-7,9,11-12,24H,8,10,13-15H2. The Labute approximate surface area is 167 Å². The molecule has 0 radical (unpaired) electrons. The van der Waals surface area contributed by atoms with Gasteiger partial charge in [0.1, 0.15) is 18.2 Å². The van der Waals surface area contributed by atoms with Gasteiger partial charge in [-0.2, -0.15) is 0 Å². The predicted octanol–water partition coefficient (Wildman–Crippen LogP) is 4.46. The van der Waals surface area contributed by atoms with Crippen molar-refractivity contribution in [2.45, 2.75) is 19.6 Å². The molecule has 0 atom stereocenters. The molecule has 1 aliphatic heterocycles. The topological polar surface area (TPSA) is 41.6 Å². The van der Waals surface area contributed by atoms with Crippen LogP contribution in [0.25, 0.3) is 0 Å². The summed E-state index contributed by atoms with van der Waals surface area (Å²) in [6, 6.07) is 15.9. The van der Waals surface area contributed by atoms with Gasteiger partial charge in [-0.3, -0.25) is 4.79 Å². The normalized spacial score (nSPS) is 13.1. The van der Waals surface area contributed by atoms with E-state index in [1.54, 1.807) is 23.5 Å². The van der Waals surface area contributed by atoms with Crippen molar-refractivity contribution < 1.29 is 13.9 Å². The van der Waals surface area contributed by atoms with Gasteiger partial charge in [-0.15, -0.1) is 11.3 Å². The Balaban J connectivity index is 1.29. The first-order valence-corrected chi connectivity index (χ1v) is 10.1. The molecule has 2 aromatic carbocycles. The number of rotatable bonds is 6. The van der Waals surface area contributed by atoms with Crippen molar-refractivity contribution in [3.05, 3.63) is 81.8 Å². The number of amides is 1. The van der Waals surface area contributed by atoms with Crippen LogP contribution in [0.15, 0.2) is 60.0 Å². The zero-order chi connectivity index (χ0) is 19.3. The molecule has 3 aromatic rings. The number of ether oxygens (including phenoxy) is 1. The SMILES string of the molecule is O=C(CNc1cccc(OCc2ccc(F)cc2)c1)N1CCc2sccc2C1. The number of nitrogens with zero attached hydrogens (tertiary/aromatic N) is 1. The first kappa shape index (κ1) is 18.5. The fraction of sp³-hybridized carbons (Fsp3) is 0.227. The molecule has 0 aliphatic carbocycles. The monoisotopic (exact) mass is 396 g/mol. The summed E-state index contributed by atoms with van der Waals surface area (Å²) in [4.78, 5) is 15.8. The summed E-state index contributed by atoms with van der Waals surface area (Å²) in [5, 5.41) is 5.28. The van der Waals surface area contributed by atoms with Gasteiger partial charge in [0, 0.05) is 29.7 Å². The summed E-state index contributed by atoms with van der Waals surface area (Å²) in [5.74, 6) is 0.528. The molecule has 0 unspecified atom stereocenters. The zero-order valence-electron chi connectivity index (χ0n) is 15.4. The molecule has 1 aromatic heterocycles. The molecule has 144 valence electrons. The van der Waals surface area contributed by atoms with E-state index in [-0.39, 0.29) is 18.3 Å². The van der Waals surface area contributed by atoms with Crippen LogP contribution in [0, 0.1) is 5.82 Å². The average molecular weight is 396 g/mol. The van der Waals surface area contributed by atoms with E-state index in [0.29, 0.717) is 18.9 Å². The molecule has 4 rings (SSSR count). The summed E-state index contributed by atoms with van der Waals surface area (Å²) in [5.41, 5.74) is 2.99. The number of hydrogen-bond acceptors (Lipinski definition) is 4. The molecule has 1 amide bonds. The molecule has 0 saturated carbocycles. The van der Waals surface area contributed by atoms with Gasteiger partial charge in [0.25, 0.3) is 0 Å². The summed E-state index contributed by atoms with van der Waals surface area (Å²) in [6.45, 7) is 2.08. The van der Waals surface area contributed by atoms with Crippen molar-refractivity contribution in [3.8, 4) is 5.75 Å². The third-order valence-electron chi connectivity index (χ3n) is 4.76. The lowest BCUT2D eigenvalue weighted by molar-refractivity contribution is -0.130. The van der Waals surface area contributed by atoms with Crippen molar-refractivity contribution in [1.82, 2.24) is 4.90 Å². The summed E-state index contributed by atoms with van der Waals surface area (Å²) < 4.78 is 18.7. The lowest BCUT2D eigenvalue weighted by Crippen LogP contribution is -2.38. The number of hydrogen-bond donors (Lipinski definition) is 1. The fourth-order valence-corrected chi connectivity index (χ4v) is 4.08. The Hall–Kier alpha value is -2.86. The number of carbonyl (C=O) groups excluding carboxylic acids is 1. The highest BCUT2D eigenvalue weighted by Crippen LogP contribution is 2.24. The van der Waals surface area contributed by atoms with E-state index in [9.17, 15) is 9.18 Å². The van der Waals surface area contributed by atoms with Gasteiger partial charge in [-0.05, 0) is 53.3 Å². The summed E-state index contributed by atoms with van der Waals surface area (Å²) >= 11 is 1.77. The van der Waals surface area contributed by atoms with Crippen LogP contribution >= 0.6 is 11.3 Å². The second-order valence-corrected chi connectivity index (χ2v) is 7.73. The van der Waals surface area contributed by atoms with E-state index in [2.05, 4.69) is 16.8 Å². The average Bonchev–Trinajstić information content (AvgIpc) is 3.20. The second kappa shape index (κ2) is 8.44. The lowest BCUT2D eigenvalue weighted by atomic mass is 10.1. The molecule has 0 saturated heterocycles. The first-order valence-electron chi connectivity index (χ1n) is 9.21. The molecule has 4 nitrogen and oxygen atoms in total. The zero-order valence-corrected chi connectivity index (χ0v) is 16.2. The van der Waals surface area contributed by atoms with Gasteiger partial charge in [0.2, 0.25) is 5.91 Å². The van der Waals surface area contributed by atoms with Gasteiger partial charge in [-0.25, -0.2) is 4.39 Å². The van der Waals surface area contributed by atoms with E-state index < -0.39 is 0 Å². The molecule has 2 heterocycles. The number of carbonyl (C=O) groups is 1.